The van der Waals surface area contributed by atoms with Gasteiger partial charge in [-0.25, -0.2) is 0 Å². The number of nitrogens with one attached hydrogen (secondary N) is 1. The van der Waals surface area contributed by atoms with Crippen molar-refractivity contribution >= 4 is 40.6 Å². The Morgan fingerprint density at radius 3 is 2.14 bits per heavy atom. The first kappa shape index (κ1) is 29.3. The van der Waals surface area contributed by atoms with Crippen molar-refractivity contribution in [3.63, 3.8) is 0 Å². The number of hydrogen-bond donors (Lipinski definition) is 1. The van der Waals surface area contributed by atoms with Crippen LogP contribution >= 0.6 is 23.4 Å². The lowest BCUT2D eigenvalue weighted by molar-refractivity contribution is -0.386. The lowest BCUT2D eigenvalue weighted by Crippen LogP contribution is -2.49. The van der Waals surface area contributed by atoms with Gasteiger partial charge in [-0.05, 0) is 42.1 Å². The lowest BCUT2D eigenvalue weighted by atomic mass is 10.2. The summed E-state index contributed by atoms with van der Waals surface area (Å²) >= 11 is 4.41. The molecule has 18 heteroatoms. The summed E-state index contributed by atoms with van der Waals surface area (Å²) in [4.78, 5) is 20.9. The summed E-state index contributed by atoms with van der Waals surface area (Å²) in [5.41, 5.74) is -2.84. The summed E-state index contributed by atoms with van der Waals surface area (Å²) in [6.07, 6.45) is -11.4. The van der Waals surface area contributed by atoms with Crippen LogP contribution in [0, 0.1) is 10.1 Å². The monoisotopic (exact) mass is 574 g/mol. The van der Waals surface area contributed by atoms with Gasteiger partial charge < -0.3 is 10.1 Å². The van der Waals surface area contributed by atoms with Gasteiger partial charge >= 0.3 is 29.2 Å². The van der Waals surface area contributed by atoms with Gasteiger partial charge in [0.05, 0.1) is 21.2 Å². The van der Waals surface area contributed by atoms with Crippen LogP contribution in [-0.4, -0.2) is 34.8 Å². The van der Waals surface area contributed by atoms with Gasteiger partial charge in [0.1, 0.15) is 0 Å². The number of alkyl halides is 10. The Morgan fingerprint density at radius 2 is 1.61 bits per heavy atom. The van der Waals surface area contributed by atoms with Crippen molar-refractivity contribution in [1.82, 2.24) is 0 Å². The van der Waals surface area contributed by atoms with Crippen LogP contribution in [0.4, 0.5) is 55.3 Å². The number of nitro benzene ring substituents is 1. The SMILES string of the molecule is O=C(COc1ccc(SC(F)(F)C(F)(F)C(F)(F)F)cc1[N+](=O)[O-])Nc1cc(C(F)(F)F)ccc1Cl. The molecule has 1 amide bonds. The summed E-state index contributed by atoms with van der Waals surface area (Å²) in [7, 11) is 0. The highest BCUT2D eigenvalue weighted by molar-refractivity contribution is 8.00. The second-order valence-electron chi connectivity index (χ2n) is 6.61. The van der Waals surface area contributed by atoms with E-state index in [1.807, 2.05) is 5.32 Å². The predicted molar refractivity (Wildman–Crippen MR) is 105 cm³/mol. The number of nitrogens with zero attached hydrogens (tertiary/aromatic N) is 1. The number of hydrogen-bond acceptors (Lipinski definition) is 5. The Kier molecular flexibility index (Phi) is 8.29. The summed E-state index contributed by atoms with van der Waals surface area (Å²) in [5, 5.41) is 7.09. The highest BCUT2D eigenvalue weighted by Gasteiger charge is 2.73. The van der Waals surface area contributed by atoms with E-state index in [1.54, 1.807) is 0 Å². The number of benzene rings is 2. The van der Waals surface area contributed by atoms with E-state index >= 15 is 0 Å². The van der Waals surface area contributed by atoms with Gasteiger partial charge in [0.15, 0.2) is 12.4 Å². The zero-order chi connectivity index (χ0) is 27.7. The molecule has 0 aliphatic carbocycles. The topological polar surface area (TPSA) is 81.5 Å². The standard InChI is InChI=1S/C18H9ClF10N2O4S/c19-10-3-1-8(15(20,21)22)5-11(10)30-14(32)7-35-13-4-2-9(6-12(13)31(33)34)36-18(28,29)16(23,24)17(25,26)27/h1-6H,7H2,(H,30,32). The van der Waals surface area contributed by atoms with E-state index in [4.69, 9.17) is 16.3 Å². The van der Waals surface area contributed by atoms with Crippen LogP contribution < -0.4 is 10.1 Å². The molecule has 0 heterocycles. The minimum Gasteiger partial charge on any atom is -0.477 e. The molecule has 0 saturated carbocycles. The molecule has 36 heavy (non-hydrogen) atoms. The maximum atomic E-state index is 13.6. The molecule has 0 aromatic heterocycles. The smallest absolute Gasteiger partial charge is 0.460 e. The number of thioether (sulfide) groups is 1. The predicted octanol–water partition coefficient (Wildman–Crippen LogP) is 7.17. The maximum Gasteiger partial charge on any atom is 0.460 e. The normalized spacial score (nSPS) is 12.9. The van der Waals surface area contributed by atoms with E-state index in [-0.39, 0.29) is 11.1 Å². The average Bonchev–Trinajstić information content (AvgIpc) is 2.72. The molecule has 0 aliphatic heterocycles. The molecular formula is C18H9ClF10N2O4S. The van der Waals surface area contributed by atoms with E-state index in [2.05, 4.69) is 0 Å². The average molecular weight is 575 g/mol. The van der Waals surface area contributed by atoms with Crippen LogP contribution in [0.2, 0.25) is 5.02 Å². The summed E-state index contributed by atoms with van der Waals surface area (Å²) in [6, 6.07) is 3.21. The molecule has 0 bridgehead atoms. The molecule has 0 saturated heterocycles. The van der Waals surface area contributed by atoms with Crippen LogP contribution in [0.1, 0.15) is 5.56 Å². The lowest BCUT2D eigenvalue weighted by Gasteiger charge is -2.27. The molecule has 0 radical (unpaired) electrons. The van der Waals surface area contributed by atoms with Crippen LogP contribution in [0.25, 0.3) is 0 Å². The third-order valence-corrected chi connectivity index (χ3v) is 5.35. The number of rotatable bonds is 8. The number of carbonyl (C=O) groups excluding carboxylic acids is 1. The van der Waals surface area contributed by atoms with Crippen molar-refractivity contribution in [2.24, 2.45) is 0 Å². The number of halogens is 11. The Morgan fingerprint density at radius 1 is 1.00 bits per heavy atom. The fourth-order valence-electron chi connectivity index (χ4n) is 2.33. The van der Waals surface area contributed by atoms with Crippen molar-refractivity contribution in [2.45, 2.75) is 28.4 Å². The number of amides is 1. The summed E-state index contributed by atoms with van der Waals surface area (Å²) in [6.45, 7) is -1.08. The van der Waals surface area contributed by atoms with E-state index in [1.165, 1.54) is 0 Å². The number of carbonyl (C=O) groups is 1. The second kappa shape index (κ2) is 10.2. The minimum absolute atomic E-state index is 0.210. The molecule has 0 unspecified atom stereocenters. The first-order chi connectivity index (χ1) is 16.3. The van der Waals surface area contributed by atoms with Crippen LogP contribution in [0.15, 0.2) is 41.3 Å². The molecule has 0 fully saturated rings. The van der Waals surface area contributed by atoms with Crippen molar-refractivity contribution in [1.29, 1.82) is 0 Å². The molecule has 0 atom stereocenters. The van der Waals surface area contributed by atoms with Crippen molar-refractivity contribution in [3.8, 4) is 5.75 Å². The second-order valence-corrected chi connectivity index (χ2v) is 8.20. The molecule has 6 nitrogen and oxygen atoms in total. The first-order valence-corrected chi connectivity index (χ1v) is 10.0. The van der Waals surface area contributed by atoms with Gasteiger partial charge in [0.25, 0.3) is 5.91 Å². The van der Waals surface area contributed by atoms with E-state index < -0.39 is 80.3 Å². The Balaban J connectivity index is 2.19. The van der Waals surface area contributed by atoms with Gasteiger partial charge in [0.2, 0.25) is 0 Å². The molecule has 0 spiro atoms. The van der Waals surface area contributed by atoms with Gasteiger partial charge in [-0.3, -0.25) is 14.9 Å². The Labute approximate surface area is 202 Å². The fraction of sp³-hybridized carbons (Fsp3) is 0.278. The third-order valence-electron chi connectivity index (χ3n) is 4.02. The van der Waals surface area contributed by atoms with Crippen LogP contribution in [0.5, 0.6) is 5.75 Å². The third kappa shape index (κ3) is 6.63. The van der Waals surface area contributed by atoms with Gasteiger partial charge in [-0.2, -0.15) is 43.9 Å². The van der Waals surface area contributed by atoms with Crippen molar-refractivity contribution in [2.75, 3.05) is 11.9 Å². The van der Waals surface area contributed by atoms with E-state index in [0.717, 1.165) is 6.07 Å². The first-order valence-electron chi connectivity index (χ1n) is 8.85. The zero-order valence-electron chi connectivity index (χ0n) is 16.8. The van der Waals surface area contributed by atoms with Gasteiger partial charge in [0, 0.05) is 11.0 Å². The minimum atomic E-state index is -6.62. The van der Waals surface area contributed by atoms with Crippen molar-refractivity contribution in [3.05, 3.63) is 57.1 Å². The molecule has 1 N–H and O–H groups in total. The molecule has 0 aliphatic rings. The van der Waals surface area contributed by atoms with Crippen LogP contribution in [-0.2, 0) is 11.0 Å². The Bertz CT molecular complexity index is 1160. The zero-order valence-corrected chi connectivity index (χ0v) is 18.4. The Hall–Kier alpha value is -2.95. The van der Waals surface area contributed by atoms with Crippen LogP contribution in [0.3, 0.4) is 0 Å². The largest absolute Gasteiger partial charge is 0.477 e. The summed E-state index contributed by atoms with van der Waals surface area (Å²) < 4.78 is 133. The maximum absolute atomic E-state index is 13.6. The number of anilines is 1. The molecule has 2 aromatic rings. The molecule has 2 rings (SSSR count). The molecule has 198 valence electrons. The van der Waals surface area contributed by atoms with Gasteiger partial charge in [-0.15, -0.1) is 0 Å². The van der Waals surface area contributed by atoms with Crippen molar-refractivity contribution < 1.29 is 58.4 Å². The van der Waals surface area contributed by atoms with E-state index in [9.17, 15) is 58.8 Å². The highest BCUT2D eigenvalue weighted by Crippen LogP contribution is 2.54. The van der Waals surface area contributed by atoms with Gasteiger partial charge in [-0.1, -0.05) is 11.6 Å². The number of nitro groups is 1. The van der Waals surface area contributed by atoms with E-state index in [0.29, 0.717) is 24.3 Å². The highest BCUT2D eigenvalue weighted by atomic mass is 35.5. The quantitative estimate of drug-likeness (QED) is 0.156. The number of ether oxygens (including phenoxy) is 1. The summed E-state index contributed by atoms with van der Waals surface area (Å²) in [5.74, 6) is -8.43. The molecular weight excluding hydrogens is 566 g/mol. The fourth-order valence-corrected chi connectivity index (χ4v) is 3.34. The molecule has 2 aromatic carbocycles.